The maximum atomic E-state index is 11.8. The zero-order valence-electron chi connectivity index (χ0n) is 13.3. The van der Waals surface area contributed by atoms with E-state index >= 15 is 0 Å². The number of hydrogen-bond acceptors (Lipinski definition) is 3. The largest absolute Gasteiger partial charge is 0.356 e. The van der Waals surface area contributed by atoms with Gasteiger partial charge >= 0.3 is 0 Å². The topological polar surface area (TPSA) is 64.7 Å². The highest BCUT2D eigenvalue weighted by Gasteiger charge is 2.05. The first-order valence-electron chi connectivity index (χ1n) is 7.43. The van der Waals surface area contributed by atoms with Crippen LogP contribution < -0.4 is 5.32 Å². The van der Waals surface area contributed by atoms with E-state index in [0.717, 1.165) is 33.6 Å². The molecule has 0 bridgehead atoms. The number of carbonyl (C=O) groups excluding carboxylic acids is 1. The van der Waals surface area contributed by atoms with Crippen LogP contribution in [0.5, 0.6) is 0 Å². The molecule has 0 aliphatic heterocycles. The summed E-state index contributed by atoms with van der Waals surface area (Å²) < 4.78 is 4.94. The van der Waals surface area contributed by atoms with Gasteiger partial charge in [0.15, 0.2) is 0 Å². The van der Waals surface area contributed by atoms with Crippen LogP contribution in [0.1, 0.15) is 29.9 Å². The average molecular weight is 415 g/mol. The van der Waals surface area contributed by atoms with Gasteiger partial charge in [-0.2, -0.15) is 10.2 Å². The fourth-order valence-electron chi connectivity index (χ4n) is 2.27. The van der Waals surface area contributed by atoms with Gasteiger partial charge in [-0.25, -0.2) is 0 Å². The first-order valence-corrected chi connectivity index (χ1v) is 8.51. The van der Waals surface area contributed by atoms with Crippen LogP contribution in [-0.4, -0.2) is 32.0 Å². The Hall–Kier alpha value is -1.38. The lowest BCUT2D eigenvalue weighted by Crippen LogP contribution is -2.26. The van der Waals surface area contributed by atoms with Crippen LogP contribution in [0.4, 0.5) is 0 Å². The third kappa shape index (κ3) is 4.82. The van der Waals surface area contributed by atoms with E-state index in [4.69, 9.17) is 0 Å². The van der Waals surface area contributed by atoms with E-state index in [1.807, 2.05) is 36.3 Å². The normalized spacial score (nSPS) is 10.9. The van der Waals surface area contributed by atoms with E-state index in [0.29, 0.717) is 19.5 Å². The van der Waals surface area contributed by atoms with Gasteiger partial charge < -0.3 is 5.32 Å². The Labute approximate surface area is 144 Å². The summed E-state index contributed by atoms with van der Waals surface area (Å²) >= 11 is 2.25. The van der Waals surface area contributed by atoms with Crippen molar-refractivity contribution >= 4 is 28.5 Å². The Morgan fingerprint density at radius 2 is 2.05 bits per heavy atom. The molecule has 1 amide bonds. The Morgan fingerprint density at radius 3 is 2.64 bits per heavy atom. The molecule has 0 atom stereocenters. The van der Waals surface area contributed by atoms with E-state index in [1.165, 1.54) is 0 Å². The number of halogens is 1. The Balaban J connectivity index is 1.64. The van der Waals surface area contributed by atoms with Gasteiger partial charge in [0.05, 0.1) is 15.0 Å². The van der Waals surface area contributed by atoms with E-state index in [2.05, 4.69) is 44.2 Å². The van der Waals surface area contributed by atoms with Crippen LogP contribution >= 0.6 is 22.6 Å². The maximum absolute atomic E-state index is 11.8. The molecule has 22 heavy (non-hydrogen) atoms. The van der Waals surface area contributed by atoms with Crippen molar-refractivity contribution in [2.75, 3.05) is 6.54 Å². The van der Waals surface area contributed by atoms with Crippen molar-refractivity contribution in [2.24, 2.45) is 0 Å². The number of amides is 1. The lowest BCUT2D eigenvalue weighted by molar-refractivity contribution is -0.121. The molecule has 1 N–H and O–H groups in total. The molecular formula is C15H22IN5O. The molecule has 0 aromatic carbocycles. The van der Waals surface area contributed by atoms with Crippen molar-refractivity contribution in [2.45, 2.75) is 46.7 Å². The van der Waals surface area contributed by atoms with Gasteiger partial charge in [-0.3, -0.25) is 14.2 Å². The van der Waals surface area contributed by atoms with Crippen LogP contribution in [-0.2, 0) is 17.9 Å². The van der Waals surface area contributed by atoms with Crippen LogP contribution in [0.25, 0.3) is 0 Å². The Kier molecular flexibility index (Phi) is 5.98. The average Bonchev–Trinajstić information content (AvgIpc) is 2.95. The molecule has 0 spiro atoms. The molecule has 0 fully saturated rings. The third-order valence-electron chi connectivity index (χ3n) is 3.43. The van der Waals surface area contributed by atoms with Crippen molar-refractivity contribution in [3.8, 4) is 0 Å². The van der Waals surface area contributed by atoms with Crippen molar-refractivity contribution in [3.05, 3.63) is 32.9 Å². The summed E-state index contributed by atoms with van der Waals surface area (Å²) in [6.45, 7) is 8.13. The minimum Gasteiger partial charge on any atom is -0.356 e. The number of nitrogens with zero attached hydrogens (tertiary/aromatic N) is 4. The van der Waals surface area contributed by atoms with Gasteiger partial charge in [0.25, 0.3) is 0 Å². The summed E-state index contributed by atoms with van der Waals surface area (Å²) in [5.41, 5.74) is 3.20. The molecule has 2 heterocycles. The molecule has 2 rings (SSSR count). The molecule has 0 unspecified atom stereocenters. The van der Waals surface area contributed by atoms with Crippen LogP contribution in [0, 0.1) is 24.3 Å². The van der Waals surface area contributed by atoms with Crippen molar-refractivity contribution in [3.63, 3.8) is 0 Å². The summed E-state index contributed by atoms with van der Waals surface area (Å²) in [5, 5.41) is 11.7. The number of carbonyl (C=O) groups is 1. The Morgan fingerprint density at radius 1 is 1.27 bits per heavy atom. The summed E-state index contributed by atoms with van der Waals surface area (Å²) in [6.07, 6.45) is 3.30. The summed E-state index contributed by atoms with van der Waals surface area (Å²) in [5.74, 6) is 0.0662. The van der Waals surface area contributed by atoms with E-state index in [9.17, 15) is 4.79 Å². The van der Waals surface area contributed by atoms with Crippen LogP contribution in [0.2, 0.25) is 0 Å². The van der Waals surface area contributed by atoms with E-state index in [-0.39, 0.29) is 5.91 Å². The number of hydrogen-bond donors (Lipinski definition) is 1. The molecule has 7 heteroatoms. The molecule has 0 radical (unpaired) electrons. The monoisotopic (exact) mass is 415 g/mol. The minimum atomic E-state index is 0.0662. The predicted molar refractivity (Wildman–Crippen MR) is 93.6 cm³/mol. The fourth-order valence-corrected chi connectivity index (χ4v) is 2.70. The highest BCUT2D eigenvalue weighted by molar-refractivity contribution is 14.1. The summed E-state index contributed by atoms with van der Waals surface area (Å²) in [6, 6.07) is 2.06. The van der Waals surface area contributed by atoms with Gasteiger partial charge in [0.1, 0.15) is 0 Å². The molecule has 0 aliphatic carbocycles. The first kappa shape index (κ1) is 17.0. The number of aryl methyl sites for hydroxylation is 5. The lowest BCUT2D eigenvalue weighted by Gasteiger charge is -2.07. The van der Waals surface area contributed by atoms with E-state index < -0.39 is 0 Å². The second-order valence-electron chi connectivity index (χ2n) is 5.43. The highest BCUT2D eigenvalue weighted by Crippen LogP contribution is 2.08. The number of rotatable bonds is 7. The molecule has 2 aromatic heterocycles. The molecular weight excluding hydrogens is 393 g/mol. The van der Waals surface area contributed by atoms with Crippen molar-refractivity contribution in [1.82, 2.24) is 24.9 Å². The van der Waals surface area contributed by atoms with Crippen molar-refractivity contribution < 1.29 is 4.79 Å². The minimum absolute atomic E-state index is 0.0662. The second-order valence-corrected chi connectivity index (χ2v) is 6.59. The van der Waals surface area contributed by atoms with Gasteiger partial charge in [0.2, 0.25) is 5.91 Å². The van der Waals surface area contributed by atoms with Crippen LogP contribution in [0.3, 0.4) is 0 Å². The second kappa shape index (κ2) is 7.75. The third-order valence-corrected chi connectivity index (χ3v) is 4.49. The van der Waals surface area contributed by atoms with Gasteiger partial charge in [-0.05, 0) is 55.8 Å². The first-order chi connectivity index (χ1) is 10.5. The predicted octanol–water partition coefficient (Wildman–Crippen LogP) is 2.21. The van der Waals surface area contributed by atoms with Crippen LogP contribution in [0.15, 0.2) is 12.3 Å². The van der Waals surface area contributed by atoms with E-state index in [1.54, 1.807) is 0 Å². The number of aromatic nitrogens is 4. The quantitative estimate of drug-likeness (QED) is 0.557. The van der Waals surface area contributed by atoms with Gasteiger partial charge in [-0.1, -0.05) is 0 Å². The molecule has 0 aliphatic rings. The summed E-state index contributed by atoms with van der Waals surface area (Å²) in [4.78, 5) is 11.8. The maximum Gasteiger partial charge on any atom is 0.221 e. The number of nitrogens with one attached hydrogen (secondary N) is 1. The molecule has 6 nitrogen and oxygen atoms in total. The smallest absolute Gasteiger partial charge is 0.221 e. The molecule has 120 valence electrons. The molecule has 2 aromatic rings. The van der Waals surface area contributed by atoms with Gasteiger partial charge in [0, 0.05) is 37.9 Å². The zero-order valence-corrected chi connectivity index (χ0v) is 15.4. The highest BCUT2D eigenvalue weighted by atomic mass is 127. The molecule has 0 saturated heterocycles. The Bertz CT molecular complexity index is 627. The van der Waals surface area contributed by atoms with Gasteiger partial charge in [-0.15, -0.1) is 0 Å². The fraction of sp³-hybridized carbons (Fsp3) is 0.533. The lowest BCUT2D eigenvalue weighted by atomic mass is 10.3. The van der Waals surface area contributed by atoms with Crippen molar-refractivity contribution in [1.29, 1.82) is 0 Å². The summed E-state index contributed by atoms with van der Waals surface area (Å²) in [7, 11) is 0. The SMILES string of the molecule is Cc1cc(C)n(CCCNC(=O)CCn2cc(I)c(C)n2)n1. The molecule has 0 saturated carbocycles. The zero-order chi connectivity index (χ0) is 16.1. The standard InChI is InChI=1S/C15H22IN5O/c1-11-9-12(2)21(18-11)7-4-6-17-15(22)5-8-20-10-14(16)13(3)19-20/h9-10H,4-8H2,1-3H3,(H,17,22).